The highest BCUT2D eigenvalue weighted by atomic mass is 32.1. The molecule has 0 saturated carbocycles. The normalized spacial score (nSPS) is 15.7. The molecule has 0 aliphatic carbocycles. The van der Waals surface area contributed by atoms with Crippen molar-refractivity contribution in [2.24, 2.45) is 0 Å². The minimum Gasteiger partial charge on any atom is -0.510 e. The lowest BCUT2D eigenvalue weighted by atomic mass is 10.2. The van der Waals surface area contributed by atoms with Gasteiger partial charge < -0.3 is 15.1 Å². The Balaban J connectivity index is 1.93. The van der Waals surface area contributed by atoms with Crippen molar-refractivity contribution in [2.45, 2.75) is 6.42 Å². The molecule has 0 fully saturated rings. The minimum absolute atomic E-state index is 0.0843. The molecule has 20 heavy (non-hydrogen) atoms. The Morgan fingerprint density at radius 2 is 2.15 bits per heavy atom. The van der Waals surface area contributed by atoms with Crippen LogP contribution < -0.4 is 0 Å². The van der Waals surface area contributed by atoms with Crippen LogP contribution in [0.4, 0.5) is 0 Å². The smallest absolute Gasteiger partial charge is 0.135 e. The predicted molar refractivity (Wildman–Crippen MR) is 80.2 cm³/mol. The highest BCUT2D eigenvalue weighted by Gasteiger charge is 2.29. The molecule has 0 unspecified atom stereocenters. The van der Waals surface area contributed by atoms with Crippen LogP contribution in [0.5, 0.6) is 0 Å². The average Bonchev–Trinajstić information content (AvgIpc) is 2.97. The van der Waals surface area contributed by atoms with Crippen molar-refractivity contribution >= 4 is 33.0 Å². The van der Waals surface area contributed by atoms with Gasteiger partial charge in [0.2, 0.25) is 0 Å². The van der Waals surface area contributed by atoms with E-state index in [1.807, 2.05) is 24.3 Å². The van der Waals surface area contributed by atoms with Gasteiger partial charge in [0.25, 0.3) is 0 Å². The van der Waals surface area contributed by atoms with Crippen molar-refractivity contribution in [3.05, 3.63) is 35.0 Å². The summed E-state index contributed by atoms with van der Waals surface area (Å²) in [5.41, 5.74) is 1.40. The van der Waals surface area contributed by atoms with E-state index in [4.69, 9.17) is 10.5 Å². The van der Waals surface area contributed by atoms with Gasteiger partial charge in [-0.05, 0) is 18.6 Å². The van der Waals surface area contributed by atoms with Gasteiger partial charge in [-0.25, -0.2) is 4.98 Å². The fourth-order valence-corrected chi connectivity index (χ4v) is 3.32. The molecule has 5 nitrogen and oxygen atoms in total. The third-order valence-corrected chi connectivity index (χ3v) is 4.33. The number of aliphatic hydroxyl groups is 2. The van der Waals surface area contributed by atoms with Crippen molar-refractivity contribution < 1.29 is 10.2 Å². The molecule has 1 aromatic heterocycles. The first-order valence-corrected chi connectivity index (χ1v) is 7.25. The number of hydrogen-bond donors (Lipinski definition) is 3. The van der Waals surface area contributed by atoms with Crippen LogP contribution in [0.15, 0.2) is 30.0 Å². The second-order valence-electron chi connectivity index (χ2n) is 4.66. The number of thiazole rings is 1. The quantitative estimate of drug-likeness (QED) is 0.806. The summed E-state index contributed by atoms with van der Waals surface area (Å²) in [4.78, 5) is 6.25. The lowest BCUT2D eigenvalue weighted by Crippen LogP contribution is -2.28. The molecule has 0 bridgehead atoms. The fraction of sp³-hybridized carbons (Fsp3) is 0.286. The van der Waals surface area contributed by atoms with E-state index in [1.54, 1.807) is 4.90 Å². The maximum Gasteiger partial charge on any atom is 0.135 e. The third kappa shape index (κ3) is 2.17. The van der Waals surface area contributed by atoms with Gasteiger partial charge in [0, 0.05) is 13.2 Å². The third-order valence-electron chi connectivity index (χ3n) is 3.28. The van der Waals surface area contributed by atoms with Gasteiger partial charge in [-0.1, -0.05) is 12.1 Å². The Kier molecular flexibility index (Phi) is 3.42. The van der Waals surface area contributed by atoms with Crippen molar-refractivity contribution in [3.63, 3.8) is 0 Å². The number of aliphatic hydroxyl groups excluding tert-OH is 2. The molecular weight excluding hydrogens is 274 g/mol. The molecule has 0 spiro atoms. The summed E-state index contributed by atoms with van der Waals surface area (Å²) in [6.07, 6.45) is 0.586. The highest BCUT2D eigenvalue weighted by Crippen LogP contribution is 2.32. The number of fused-ring (bicyclic) bond motifs is 1. The van der Waals surface area contributed by atoms with Crippen molar-refractivity contribution in [1.82, 2.24) is 9.88 Å². The topological polar surface area (TPSA) is 80.4 Å². The molecule has 1 aliphatic rings. The van der Waals surface area contributed by atoms with Gasteiger partial charge in [0.15, 0.2) is 0 Å². The largest absolute Gasteiger partial charge is 0.510 e. The molecular formula is C14H15N3O2S. The molecule has 6 heteroatoms. The van der Waals surface area contributed by atoms with E-state index in [0.29, 0.717) is 30.1 Å². The predicted octanol–water partition coefficient (Wildman–Crippen LogP) is 2.24. The van der Waals surface area contributed by atoms with E-state index in [0.717, 1.165) is 10.2 Å². The Morgan fingerprint density at radius 1 is 1.35 bits per heavy atom. The van der Waals surface area contributed by atoms with Crippen molar-refractivity contribution in [2.75, 3.05) is 19.7 Å². The number of aromatic nitrogens is 1. The van der Waals surface area contributed by atoms with Gasteiger partial charge in [-0.15, -0.1) is 11.3 Å². The lowest BCUT2D eigenvalue weighted by Gasteiger charge is -2.17. The molecule has 1 aliphatic heterocycles. The lowest BCUT2D eigenvalue weighted by molar-refractivity contribution is 0.265. The van der Waals surface area contributed by atoms with Crippen LogP contribution >= 0.6 is 11.3 Å². The number of amidine groups is 1. The zero-order valence-corrected chi connectivity index (χ0v) is 11.7. The SMILES string of the molecule is N=C1C(c2nc3ccccc3s2)=C(O)CN1CCCO. The number of nitrogens with one attached hydrogen (secondary N) is 1. The summed E-state index contributed by atoms with van der Waals surface area (Å²) in [6, 6.07) is 7.78. The van der Waals surface area contributed by atoms with Crippen LogP contribution in [0.3, 0.4) is 0 Å². The van der Waals surface area contributed by atoms with Crippen LogP contribution in [0.1, 0.15) is 11.4 Å². The zero-order valence-electron chi connectivity index (χ0n) is 10.8. The molecule has 3 rings (SSSR count). The highest BCUT2D eigenvalue weighted by molar-refractivity contribution is 7.19. The summed E-state index contributed by atoms with van der Waals surface area (Å²) in [5.74, 6) is 0.474. The van der Waals surface area contributed by atoms with E-state index in [9.17, 15) is 5.11 Å². The summed E-state index contributed by atoms with van der Waals surface area (Å²) in [6.45, 7) is 0.971. The Bertz CT molecular complexity index is 660. The molecule has 0 saturated heterocycles. The summed E-state index contributed by atoms with van der Waals surface area (Å²) in [5, 5.41) is 27.8. The molecule has 1 aromatic carbocycles. The molecule has 104 valence electrons. The second-order valence-corrected chi connectivity index (χ2v) is 5.69. The monoisotopic (exact) mass is 289 g/mol. The summed E-state index contributed by atoms with van der Waals surface area (Å²) in [7, 11) is 0. The maximum atomic E-state index is 10.1. The van der Waals surface area contributed by atoms with Crippen LogP contribution in [-0.4, -0.2) is 45.6 Å². The van der Waals surface area contributed by atoms with E-state index in [-0.39, 0.29) is 18.2 Å². The fourth-order valence-electron chi connectivity index (χ4n) is 2.29. The van der Waals surface area contributed by atoms with E-state index in [1.165, 1.54) is 11.3 Å². The standard InChI is InChI=1S/C14H15N3O2S/c15-13-12(10(19)8-17(13)6-3-7-18)14-16-9-4-1-2-5-11(9)20-14/h1-2,4-5,15,18-19H,3,6-8H2. The maximum absolute atomic E-state index is 10.1. The number of benzene rings is 1. The Labute approximate surface area is 120 Å². The van der Waals surface area contributed by atoms with Crippen LogP contribution in [-0.2, 0) is 0 Å². The number of rotatable bonds is 4. The van der Waals surface area contributed by atoms with Crippen LogP contribution in [0.2, 0.25) is 0 Å². The zero-order chi connectivity index (χ0) is 14.1. The van der Waals surface area contributed by atoms with Gasteiger partial charge >= 0.3 is 0 Å². The summed E-state index contributed by atoms with van der Waals surface area (Å²) >= 11 is 1.48. The van der Waals surface area contributed by atoms with E-state index in [2.05, 4.69) is 4.98 Å². The van der Waals surface area contributed by atoms with Crippen LogP contribution in [0.25, 0.3) is 15.8 Å². The Morgan fingerprint density at radius 3 is 2.90 bits per heavy atom. The van der Waals surface area contributed by atoms with Crippen molar-refractivity contribution in [1.29, 1.82) is 5.41 Å². The average molecular weight is 289 g/mol. The van der Waals surface area contributed by atoms with Gasteiger partial charge in [0.1, 0.15) is 16.6 Å². The molecule has 3 N–H and O–H groups in total. The summed E-state index contributed by atoms with van der Waals surface area (Å²) < 4.78 is 1.05. The van der Waals surface area contributed by atoms with Gasteiger partial charge in [-0.2, -0.15) is 0 Å². The molecule has 0 radical (unpaired) electrons. The molecule has 2 aromatic rings. The first-order valence-electron chi connectivity index (χ1n) is 6.43. The first kappa shape index (κ1) is 13.1. The van der Waals surface area contributed by atoms with Crippen LogP contribution in [0, 0.1) is 5.41 Å². The Hall–Kier alpha value is -1.92. The number of para-hydroxylation sites is 1. The molecule has 2 heterocycles. The number of hydrogen-bond acceptors (Lipinski definition) is 5. The first-order chi connectivity index (χ1) is 9.70. The van der Waals surface area contributed by atoms with Crippen molar-refractivity contribution in [3.8, 4) is 0 Å². The molecule has 0 atom stereocenters. The minimum atomic E-state index is 0.0843. The van der Waals surface area contributed by atoms with Gasteiger partial charge in [-0.3, -0.25) is 5.41 Å². The van der Waals surface area contributed by atoms with E-state index < -0.39 is 0 Å². The second kappa shape index (κ2) is 5.22. The van der Waals surface area contributed by atoms with Gasteiger partial charge in [0.05, 0.1) is 22.3 Å². The van der Waals surface area contributed by atoms with E-state index >= 15 is 0 Å². The molecule has 0 amide bonds. The number of nitrogens with zero attached hydrogens (tertiary/aromatic N) is 2.